The van der Waals surface area contributed by atoms with Crippen molar-refractivity contribution in [3.63, 3.8) is 0 Å². The minimum atomic E-state index is -0.717. The lowest BCUT2D eigenvalue weighted by Crippen LogP contribution is -2.41. The van der Waals surface area contributed by atoms with Crippen LogP contribution in [0.1, 0.15) is 18.4 Å². The van der Waals surface area contributed by atoms with Gasteiger partial charge in [-0.05, 0) is 18.4 Å². The lowest BCUT2D eigenvalue weighted by atomic mass is 10.1. The molecule has 1 aromatic rings. The number of nitrogens with zero attached hydrogens (tertiary/aromatic N) is 1. The molecule has 0 bridgehead atoms. The van der Waals surface area contributed by atoms with Gasteiger partial charge < -0.3 is 15.6 Å². The lowest BCUT2D eigenvalue weighted by Gasteiger charge is -2.24. The number of nitrogens with two attached hydrogens (primary N) is 1. The zero-order valence-electron chi connectivity index (χ0n) is 12.7. The molecular formula is C16H24N2O4. The highest BCUT2D eigenvalue weighted by Gasteiger charge is 2.11. The normalized spacial score (nSPS) is 14.7. The molecule has 2 rings (SSSR count). The van der Waals surface area contributed by atoms with Crippen molar-refractivity contribution in [2.24, 2.45) is 5.73 Å². The van der Waals surface area contributed by atoms with Crippen LogP contribution < -0.4 is 5.73 Å². The third kappa shape index (κ3) is 9.10. The number of aryl methyl sites for hydroxylation is 1. The van der Waals surface area contributed by atoms with Crippen LogP contribution in [-0.4, -0.2) is 54.7 Å². The number of amides is 1. The van der Waals surface area contributed by atoms with E-state index in [1.54, 1.807) is 0 Å². The van der Waals surface area contributed by atoms with Gasteiger partial charge in [-0.3, -0.25) is 14.5 Å². The number of hydrogen-bond donors (Lipinski definition) is 2. The van der Waals surface area contributed by atoms with Crippen molar-refractivity contribution in [2.45, 2.75) is 19.3 Å². The van der Waals surface area contributed by atoms with Crippen molar-refractivity contribution >= 4 is 11.9 Å². The first-order chi connectivity index (χ1) is 10.6. The molecule has 0 atom stereocenters. The number of primary amides is 1. The van der Waals surface area contributed by atoms with Gasteiger partial charge in [0.2, 0.25) is 5.91 Å². The van der Waals surface area contributed by atoms with Crippen LogP contribution in [0.15, 0.2) is 30.3 Å². The van der Waals surface area contributed by atoms with E-state index < -0.39 is 5.97 Å². The quantitative estimate of drug-likeness (QED) is 0.814. The van der Waals surface area contributed by atoms with Gasteiger partial charge in [0.05, 0.1) is 19.8 Å². The predicted molar refractivity (Wildman–Crippen MR) is 83.5 cm³/mol. The Kier molecular flexibility index (Phi) is 8.86. The monoisotopic (exact) mass is 308 g/mol. The predicted octanol–water partition coefficient (Wildman–Crippen LogP) is 0.898. The number of carboxylic acids is 1. The largest absolute Gasteiger partial charge is 0.481 e. The van der Waals surface area contributed by atoms with E-state index >= 15 is 0 Å². The minimum absolute atomic E-state index is 0.259. The van der Waals surface area contributed by atoms with Crippen molar-refractivity contribution in [3.8, 4) is 0 Å². The van der Waals surface area contributed by atoms with Crippen molar-refractivity contribution in [1.82, 2.24) is 4.90 Å². The van der Waals surface area contributed by atoms with Crippen LogP contribution in [0.2, 0.25) is 0 Å². The summed E-state index contributed by atoms with van der Waals surface area (Å²) in [5, 5.41) is 8.39. The molecule has 22 heavy (non-hydrogen) atoms. The Labute approximate surface area is 130 Å². The summed E-state index contributed by atoms with van der Waals surface area (Å²) in [5.41, 5.74) is 6.21. The molecule has 1 saturated heterocycles. The van der Waals surface area contributed by atoms with Gasteiger partial charge in [-0.2, -0.15) is 0 Å². The average molecular weight is 308 g/mol. The molecule has 122 valence electrons. The molecule has 0 spiro atoms. The Bertz CT molecular complexity index is 445. The van der Waals surface area contributed by atoms with E-state index in [-0.39, 0.29) is 12.3 Å². The maximum atomic E-state index is 10.4. The van der Waals surface area contributed by atoms with Crippen LogP contribution in [0.3, 0.4) is 0 Å². The topological polar surface area (TPSA) is 92.9 Å². The standard InChI is InChI=1S/C10H12O2.C6H12N2O2/c11-10(12)8-4-7-9-5-2-1-3-6-9;7-6(9)5-8-1-3-10-4-2-8/h1-3,5-6H,4,7-8H2,(H,11,12);1-5H2,(H2,7,9). The van der Waals surface area contributed by atoms with Gasteiger partial charge in [0, 0.05) is 19.5 Å². The van der Waals surface area contributed by atoms with E-state index in [0.29, 0.717) is 19.8 Å². The molecule has 1 aliphatic heterocycles. The van der Waals surface area contributed by atoms with E-state index in [1.807, 2.05) is 35.2 Å². The molecule has 1 aliphatic rings. The van der Waals surface area contributed by atoms with E-state index in [0.717, 1.165) is 25.9 Å². The molecule has 6 nitrogen and oxygen atoms in total. The van der Waals surface area contributed by atoms with Crippen molar-refractivity contribution in [2.75, 3.05) is 32.8 Å². The first-order valence-electron chi connectivity index (χ1n) is 7.42. The number of carboxylic acid groups (broad SMARTS) is 1. The number of hydrogen-bond acceptors (Lipinski definition) is 4. The Morgan fingerprint density at radius 2 is 1.82 bits per heavy atom. The molecule has 0 aliphatic carbocycles. The third-order valence-electron chi connectivity index (χ3n) is 3.18. The second kappa shape index (κ2) is 10.8. The molecule has 1 aromatic carbocycles. The summed E-state index contributed by atoms with van der Waals surface area (Å²) in [6, 6.07) is 9.93. The van der Waals surface area contributed by atoms with Crippen LogP contribution in [0.25, 0.3) is 0 Å². The van der Waals surface area contributed by atoms with Gasteiger partial charge in [0.1, 0.15) is 0 Å². The number of aliphatic carboxylic acids is 1. The fourth-order valence-electron chi connectivity index (χ4n) is 2.07. The van der Waals surface area contributed by atoms with Gasteiger partial charge in [0.15, 0.2) is 0 Å². The molecule has 1 heterocycles. The Balaban J connectivity index is 0.000000224. The number of ether oxygens (including phenoxy) is 1. The van der Waals surface area contributed by atoms with Gasteiger partial charge in [-0.25, -0.2) is 0 Å². The summed E-state index contributed by atoms with van der Waals surface area (Å²) in [5.74, 6) is -0.979. The lowest BCUT2D eigenvalue weighted by molar-refractivity contribution is -0.137. The van der Waals surface area contributed by atoms with E-state index in [2.05, 4.69) is 0 Å². The zero-order valence-corrected chi connectivity index (χ0v) is 12.7. The van der Waals surface area contributed by atoms with Crippen LogP contribution in [0.4, 0.5) is 0 Å². The van der Waals surface area contributed by atoms with Crippen LogP contribution >= 0.6 is 0 Å². The summed E-state index contributed by atoms with van der Waals surface area (Å²) in [4.78, 5) is 22.6. The molecule has 0 aromatic heterocycles. The number of benzene rings is 1. The Morgan fingerprint density at radius 1 is 1.18 bits per heavy atom. The highest BCUT2D eigenvalue weighted by Crippen LogP contribution is 2.03. The smallest absolute Gasteiger partial charge is 0.303 e. The van der Waals surface area contributed by atoms with Gasteiger partial charge >= 0.3 is 5.97 Å². The van der Waals surface area contributed by atoms with Gasteiger partial charge in [0.25, 0.3) is 0 Å². The second-order valence-corrected chi connectivity index (χ2v) is 5.09. The SMILES string of the molecule is NC(=O)CN1CCOCC1.O=C(O)CCCc1ccccc1. The van der Waals surface area contributed by atoms with Crippen molar-refractivity contribution < 1.29 is 19.4 Å². The molecule has 1 amide bonds. The first kappa shape index (κ1) is 18.1. The maximum absolute atomic E-state index is 10.4. The van der Waals surface area contributed by atoms with Crippen molar-refractivity contribution in [3.05, 3.63) is 35.9 Å². The molecule has 0 saturated carbocycles. The van der Waals surface area contributed by atoms with Crippen molar-refractivity contribution in [1.29, 1.82) is 0 Å². The second-order valence-electron chi connectivity index (χ2n) is 5.09. The fraction of sp³-hybridized carbons (Fsp3) is 0.500. The molecule has 3 N–H and O–H groups in total. The maximum Gasteiger partial charge on any atom is 0.303 e. The molecule has 0 unspecified atom stereocenters. The third-order valence-corrected chi connectivity index (χ3v) is 3.18. The molecular weight excluding hydrogens is 284 g/mol. The summed E-state index contributed by atoms with van der Waals surface area (Å²) in [6.45, 7) is 3.44. The zero-order chi connectivity index (χ0) is 16.2. The number of carbonyl (C=O) groups excluding carboxylic acids is 1. The van der Waals surface area contributed by atoms with Crippen LogP contribution in [0, 0.1) is 0 Å². The molecule has 1 fully saturated rings. The van der Waals surface area contributed by atoms with Gasteiger partial charge in [-0.15, -0.1) is 0 Å². The average Bonchev–Trinajstić information content (AvgIpc) is 2.49. The van der Waals surface area contributed by atoms with E-state index in [1.165, 1.54) is 5.56 Å². The molecule has 6 heteroatoms. The first-order valence-corrected chi connectivity index (χ1v) is 7.42. The summed E-state index contributed by atoms with van der Waals surface area (Å²) >= 11 is 0. The summed E-state index contributed by atoms with van der Waals surface area (Å²) in [6.07, 6.45) is 1.83. The van der Waals surface area contributed by atoms with Crippen LogP contribution in [0.5, 0.6) is 0 Å². The molecule has 0 radical (unpaired) electrons. The number of morpholine rings is 1. The summed E-state index contributed by atoms with van der Waals surface area (Å²) in [7, 11) is 0. The fourth-order valence-corrected chi connectivity index (χ4v) is 2.07. The summed E-state index contributed by atoms with van der Waals surface area (Å²) < 4.78 is 5.09. The highest BCUT2D eigenvalue weighted by molar-refractivity contribution is 5.75. The van der Waals surface area contributed by atoms with Crippen LogP contribution in [-0.2, 0) is 20.7 Å². The number of rotatable bonds is 6. The Morgan fingerprint density at radius 3 is 2.36 bits per heavy atom. The highest BCUT2D eigenvalue weighted by atomic mass is 16.5. The van der Waals surface area contributed by atoms with Gasteiger partial charge in [-0.1, -0.05) is 30.3 Å². The number of carbonyl (C=O) groups is 2. The minimum Gasteiger partial charge on any atom is -0.481 e. The van der Waals surface area contributed by atoms with E-state index in [4.69, 9.17) is 15.6 Å². The Hall–Kier alpha value is -1.92. The van der Waals surface area contributed by atoms with E-state index in [9.17, 15) is 9.59 Å².